The number of pyridine rings is 1. The first kappa shape index (κ1) is 15.4. The summed E-state index contributed by atoms with van der Waals surface area (Å²) in [5, 5.41) is 3.67. The fourth-order valence-electron chi connectivity index (χ4n) is 3.93. The van der Waals surface area contributed by atoms with Crippen molar-refractivity contribution < 1.29 is 9.53 Å². The molecule has 128 valence electrons. The van der Waals surface area contributed by atoms with Crippen LogP contribution >= 0.6 is 11.3 Å². The molecular formula is C22H17NO2S. The molecule has 0 spiro atoms. The second kappa shape index (κ2) is 5.58. The maximum atomic E-state index is 12.0. The van der Waals surface area contributed by atoms with Gasteiger partial charge >= 0.3 is 5.97 Å². The average Bonchev–Trinajstić information content (AvgIpc) is 2.70. The molecule has 2 aliphatic heterocycles. The Labute approximate surface area is 154 Å². The summed E-state index contributed by atoms with van der Waals surface area (Å²) in [4.78, 5) is 13.3. The maximum Gasteiger partial charge on any atom is 0.337 e. The topological polar surface area (TPSA) is 31.2 Å². The van der Waals surface area contributed by atoms with Gasteiger partial charge in [-0.05, 0) is 47.0 Å². The van der Waals surface area contributed by atoms with E-state index in [0.717, 1.165) is 11.1 Å². The third kappa shape index (κ3) is 2.02. The Bertz CT molecular complexity index is 1270. The lowest BCUT2D eigenvalue weighted by Gasteiger charge is -2.22. The highest BCUT2D eigenvalue weighted by atomic mass is 32.1. The van der Waals surface area contributed by atoms with E-state index in [4.69, 9.17) is 4.74 Å². The van der Waals surface area contributed by atoms with Gasteiger partial charge in [-0.15, -0.1) is 11.3 Å². The molecule has 1 aliphatic carbocycles. The molecular weight excluding hydrogens is 342 g/mol. The summed E-state index contributed by atoms with van der Waals surface area (Å²) in [6.45, 7) is 0. The minimum Gasteiger partial charge on any atom is -0.465 e. The molecule has 0 bridgehead atoms. The number of ether oxygens (including phenoxy) is 1. The maximum absolute atomic E-state index is 12.0. The van der Waals surface area contributed by atoms with Gasteiger partial charge in [0.2, 0.25) is 0 Å². The van der Waals surface area contributed by atoms with Crippen molar-refractivity contribution in [2.24, 2.45) is 7.05 Å². The van der Waals surface area contributed by atoms with Crippen molar-refractivity contribution in [3.05, 3.63) is 65.0 Å². The van der Waals surface area contributed by atoms with E-state index in [1.807, 2.05) is 18.2 Å². The van der Waals surface area contributed by atoms with Crippen LogP contribution in [0.3, 0.4) is 0 Å². The molecule has 5 rings (SSSR count). The number of fused-ring (bicyclic) bond motifs is 4. The van der Waals surface area contributed by atoms with Crippen LogP contribution in [0.5, 0.6) is 0 Å². The summed E-state index contributed by atoms with van der Waals surface area (Å²) in [6, 6.07) is 12.3. The predicted octanol–water partition coefficient (Wildman–Crippen LogP) is 4.46. The Hall–Kier alpha value is -2.85. The van der Waals surface area contributed by atoms with Crippen LogP contribution in [0.15, 0.2) is 48.6 Å². The van der Waals surface area contributed by atoms with Crippen molar-refractivity contribution in [1.82, 2.24) is 4.57 Å². The number of allylic oxidation sites excluding steroid dienone is 2. The molecule has 0 unspecified atom stereocenters. The molecule has 0 atom stereocenters. The summed E-state index contributed by atoms with van der Waals surface area (Å²) in [5.74, 6) is -0.296. The van der Waals surface area contributed by atoms with Crippen LogP contribution in [0.2, 0.25) is 0 Å². The van der Waals surface area contributed by atoms with Crippen LogP contribution in [-0.4, -0.2) is 17.6 Å². The van der Waals surface area contributed by atoms with Crippen molar-refractivity contribution in [3.8, 4) is 10.4 Å². The number of carbonyl (C=O) groups is 1. The van der Waals surface area contributed by atoms with Crippen molar-refractivity contribution in [2.75, 3.05) is 7.11 Å². The summed E-state index contributed by atoms with van der Waals surface area (Å²) < 4.78 is 8.29. The number of nitrogens with zero attached hydrogens (tertiary/aromatic N) is 1. The van der Waals surface area contributed by atoms with Gasteiger partial charge in [-0.2, -0.15) is 0 Å². The molecule has 0 saturated heterocycles. The smallest absolute Gasteiger partial charge is 0.337 e. The van der Waals surface area contributed by atoms with E-state index < -0.39 is 0 Å². The second-order valence-corrected chi connectivity index (χ2v) is 7.61. The lowest BCUT2D eigenvalue weighted by molar-refractivity contribution is 0.0601. The third-order valence-electron chi connectivity index (χ3n) is 5.19. The molecule has 2 aromatic rings. The molecule has 0 aromatic heterocycles. The fraction of sp³-hybridized carbons (Fsp3) is 0.136. The Balaban J connectivity index is 2.00. The lowest BCUT2D eigenvalue weighted by atomic mass is 9.96. The minimum absolute atomic E-state index is 0.296. The highest BCUT2D eigenvalue weighted by molar-refractivity contribution is 7.22. The Morgan fingerprint density at radius 1 is 1.19 bits per heavy atom. The summed E-state index contributed by atoms with van der Waals surface area (Å²) >= 11 is 1.77. The third-order valence-corrected chi connectivity index (χ3v) is 6.40. The number of methoxy groups -OCH3 is 1. The summed E-state index contributed by atoms with van der Waals surface area (Å²) in [7, 11) is 3.56. The van der Waals surface area contributed by atoms with Gasteiger partial charge < -0.3 is 9.30 Å². The first-order valence-corrected chi connectivity index (χ1v) is 9.38. The molecule has 4 heteroatoms. The molecule has 0 N–H and O–H groups in total. The number of aromatic nitrogens is 1. The molecule has 2 aromatic carbocycles. The van der Waals surface area contributed by atoms with E-state index in [-0.39, 0.29) is 5.97 Å². The Morgan fingerprint density at radius 3 is 2.92 bits per heavy atom. The van der Waals surface area contributed by atoms with E-state index in [1.54, 1.807) is 11.3 Å². The summed E-state index contributed by atoms with van der Waals surface area (Å²) in [5.41, 5.74) is 4.49. The first-order valence-electron chi connectivity index (χ1n) is 8.57. The highest BCUT2D eigenvalue weighted by Gasteiger charge is 2.21. The predicted molar refractivity (Wildman–Crippen MR) is 108 cm³/mol. The van der Waals surface area contributed by atoms with Gasteiger partial charge in [0, 0.05) is 27.5 Å². The van der Waals surface area contributed by atoms with Gasteiger partial charge in [0.05, 0.1) is 18.2 Å². The number of benzene rings is 2. The normalized spacial score (nSPS) is 13.2. The van der Waals surface area contributed by atoms with Crippen LogP contribution in [0, 0.1) is 0 Å². The van der Waals surface area contributed by atoms with Crippen molar-refractivity contribution in [1.29, 1.82) is 0 Å². The van der Waals surface area contributed by atoms with Crippen LogP contribution in [-0.2, 0) is 18.2 Å². The largest absolute Gasteiger partial charge is 0.465 e. The molecule has 2 heterocycles. The lowest BCUT2D eigenvalue weighted by Crippen LogP contribution is -2.25. The van der Waals surface area contributed by atoms with Crippen molar-refractivity contribution in [2.45, 2.75) is 6.42 Å². The van der Waals surface area contributed by atoms with Crippen LogP contribution in [0.25, 0.3) is 37.5 Å². The summed E-state index contributed by atoms with van der Waals surface area (Å²) in [6.07, 6.45) is 7.44. The van der Waals surface area contributed by atoms with E-state index in [1.165, 1.54) is 44.8 Å². The number of rotatable bonds is 1. The Kier molecular flexibility index (Phi) is 3.31. The van der Waals surface area contributed by atoms with E-state index in [0.29, 0.717) is 5.56 Å². The highest BCUT2D eigenvalue weighted by Crippen LogP contribution is 2.43. The average molecular weight is 359 g/mol. The standard InChI is InChI=1S/C22H17NO2S/c1-23-17-8-4-3-6-16(17)21-20-15(7-5-9-18(20)23)14-11-10-13(22(24)25-2)12-19(14)26-21/h3-5,7-12H,6H2,1-2H3. The molecule has 0 radical (unpaired) electrons. The molecule has 26 heavy (non-hydrogen) atoms. The zero-order valence-corrected chi connectivity index (χ0v) is 15.4. The van der Waals surface area contributed by atoms with Gasteiger partial charge in [0.1, 0.15) is 0 Å². The van der Waals surface area contributed by atoms with Crippen LogP contribution < -0.4 is 5.35 Å². The van der Waals surface area contributed by atoms with Gasteiger partial charge in [-0.25, -0.2) is 4.79 Å². The number of hydrogen-bond donors (Lipinski definition) is 0. The number of hydrogen-bond acceptors (Lipinski definition) is 3. The van der Waals surface area contributed by atoms with E-state index in [2.05, 4.69) is 48.0 Å². The Morgan fingerprint density at radius 2 is 2.08 bits per heavy atom. The molecule has 0 saturated carbocycles. The second-order valence-electron chi connectivity index (χ2n) is 6.56. The minimum atomic E-state index is -0.296. The zero-order valence-electron chi connectivity index (χ0n) is 14.6. The fourth-order valence-corrected chi connectivity index (χ4v) is 5.26. The van der Waals surface area contributed by atoms with E-state index >= 15 is 0 Å². The number of aryl methyl sites for hydroxylation is 1. The van der Waals surface area contributed by atoms with Crippen molar-refractivity contribution >= 4 is 44.4 Å². The number of esters is 1. The quantitative estimate of drug-likeness (QED) is 0.285. The molecule has 0 fully saturated rings. The molecule has 0 amide bonds. The molecule has 3 aliphatic rings. The van der Waals surface area contributed by atoms with Crippen molar-refractivity contribution in [3.63, 3.8) is 0 Å². The number of carbonyl (C=O) groups excluding carboxylic acids is 1. The van der Waals surface area contributed by atoms with E-state index in [9.17, 15) is 4.79 Å². The van der Waals surface area contributed by atoms with Gasteiger partial charge in [0.25, 0.3) is 0 Å². The van der Waals surface area contributed by atoms with Gasteiger partial charge in [-0.3, -0.25) is 0 Å². The van der Waals surface area contributed by atoms with Crippen LogP contribution in [0.1, 0.15) is 15.9 Å². The zero-order chi connectivity index (χ0) is 17.8. The first-order chi connectivity index (χ1) is 12.7. The van der Waals surface area contributed by atoms with Crippen LogP contribution in [0.4, 0.5) is 0 Å². The monoisotopic (exact) mass is 359 g/mol. The van der Waals surface area contributed by atoms with Gasteiger partial charge in [0.15, 0.2) is 0 Å². The SMILES string of the molecule is COC(=O)c1ccc2c(c1)sc1c3c(n(C)c4cccc2c4-1)=CC=CC3. The van der Waals surface area contributed by atoms with Gasteiger partial charge in [-0.1, -0.05) is 30.4 Å². The molecule has 3 nitrogen and oxygen atoms in total.